The van der Waals surface area contributed by atoms with Crippen LogP contribution in [0.4, 0.5) is 10.1 Å². The number of amides is 1. The lowest BCUT2D eigenvalue weighted by Crippen LogP contribution is -2.12. The number of aldehydes is 1. The second-order valence-corrected chi connectivity index (χ2v) is 3.10. The normalized spacial score (nSPS) is 9.64. The second kappa shape index (κ2) is 4.19. The van der Waals surface area contributed by atoms with E-state index in [2.05, 4.69) is 5.32 Å². The SMILES string of the molecule is Cc1cc(Cl)c(NC(=O)C=O)cc1F. The van der Waals surface area contributed by atoms with Crippen molar-refractivity contribution in [2.45, 2.75) is 6.92 Å². The summed E-state index contributed by atoms with van der Waals surface area (Å²) in [5.74, 6) is -1.36. The standard InChI is InChI=1S/C9H7ClFNO2/c1-5-2-6(10)8(3-7(5)11)12-9(14)4-13/h2-4H,1H3,(H,12,14). The Labute approximate surface area is 84.9 Å². The van der Waals surface area contributed by atoms with Crippen molar-refractivity contribution in [2.75, 3.05) is 5.32 Å². The summed E-state index contributed by atoms with van der Waals surface area (Å²) in [6.07, 6.45) is 0.0914. The lowest BCUT2D eigenvalue weighted by molar-refractivity contribution is -0.127. The lowest BCUT2D eigenvalue weighted by Gasteiger charge is -2.05. The van der Waals surface area contributed by atoms with Crippen LogP contribution in [0.1, 0.15) is 5.56 Å². The molecule has 3 nitrogen and oxygen atoms in total. The van der Waals surface area contributed by atoms with Crippen molar-refractivity contribution in [3.8, 4) is 0 Å². The summed E-state index contributed by atoms with van der Waals surface area (Å²) in [6, 6.07) is 2.44. The number of carbonyl (C=O) groups excluding carboxylic acids is 2. The predicted molar refractivity (Wildman–Crippen MR) is 50.8 cm³/mol. The maximum atomic E-state index is 13.0. The van der Waals surface area contributed by atoms with Gasteiger partial charge in [0, 0.05) is 0 Å². The van der Waals surface area contributed by atoms with E-state index in [0.29, 0.717) is 5.56 Å². The summed E-state index contributed by atoms with van der Waals surface area (Å²) in [6.45, 7) is 1.55. The Kier molecular flexibility index (Phi) is 3.19. The monoisotopic (exact) mass is 215 g/mol. The molecule has 1 rings (SSSR count). The maximum Gasteiger partial charge on any atom is 0.288 e. The van der Waals surface area contributed by atoms with Crippen LogP contribution >= 0.6 is 11.6 Å². The fraction of sp³-hybridized carbons (Fsp3) is 0.111. The summed E-state index contributed by atoms with van der Waals surface area (Å²) in [4.78, 5) is 20.7. The van der Waals surface area contributed by atoms with Crippen LogP contribution in [0.25, 0.3) is 0 Å². The van der Waals surface area contributed by atoms with Gasteiger partial charge in [0.2, 0.25) is 6.29 Å². The molecule has 0 atom stereocenters. The highest BCUT2D eigenvalue weighted by atomic mass is 35.5. The molecule has 0 unspecified atom stereocenters. The van der Waals surface area contributed by atoms with Gasteiger partial charge in [-0.15, -0.1) is 0 Å². The van der Waals surface area contributed by atoms with E-state index in [1.165, 1.54) is 6.07 Å². The zero-order chi connectivity index (χ0) is 10.7. The van der Waals surface area contributed by atoms with E-state index in [4.69, 9.17) is 11.6 Å². The van der Waals surface area contributed by atoms with Crippen LogP contribution in [-0.4, -0.2) is 12.2 Å². The smallest absolute Gasteiger partial charge is 0.288 e. The first kappa shape index (κ1) is 10.7. The van der Waals surface area contributed by atoms with Crippen LogP contribution in [0, 0.1) is 12.7 Å². The number of hydrogen-bond acceptors (Lipinski definition) is 2. The van der Waals surface area contributed by atoms with Gasteiger partial charge in [0.15, 0.2) is 0 Å². The molecule has 0 aliphatic carbocycles. The Morgan fingerprint density at radius 1 is 1.57 bits per heavy atom. The number of anilines is 1. The molecule has 5 heteroatoms. The van der Waals surface area contributed by atoms with Crippen molar-refractivity contribution in [3.63, 3.8) is 0 Å². The van der Waals surface area contributed by atoms with Gasteiger partial charge in [0.25, 0.3) is 5.91 Å². The third-order valence-electron chi connectivity index (χ3n) is 1.61. The largest absolute Gasteiger partial charge is 0.318 e. The average molecular weight is 216 g/mol. The van der Waals surface area contributed by atoms with E-state index < -0.39 is 11.7 Å². The van der Waals surface area contributed by atoms with Crippen molar-refractivity contribution in [1.82, 2.24) is 0 Å². The molecule has 1 amide bonds. The Hall–Kier alpha value is -1.42. The quantitative estimate of drug-likeness (QED) is 0.605. The zero-order valence-corrected chi connectivity index (χ0v) is 8.06. The molecule has 0 fully saturated rings. The molecular formula is C9H7ClFNO2. The van der Waals surface area contributed by atoms with E-state index in [-0.39, 0.29) is 17.0 Å². The molecule has 0 heterocycles. The number of hydrogen-bond donors (Lipinski definition) is 1. The second-order valence-electron chi connectivity index (χ2n) is 2.69. The molecule has 0 aliphatic rings. The van der Waals surface area contributed by atoms with Crippen molar-refractivity contribution in [3.05, 3.63) is 28.5 Å². The molecule has 0 aliphatic heterocycles. The van der Waals surface area contributed by atoms with Gasteiger partial charge < -0.3 is 5.32 Å². The van der Waals surface area contributed by atoms with Crippen LogP contribution in [-0.2, 0) is 9.59 Å². The van der Waals surface area contributed by atoms with Crippen molar-refractivity contribution >= 4 is 29.5 Å². The van der Waals surface area contributed by atoms with Crippen molar-refractivity contribution < 1.29 is 14.0 Å². The Morgan fingerprint density at radius 3 is 2.79 bits per heavy atom. The number of aryl methyl sites for hydroxylation is 1. The molecule has 1 aromatic carbocycles. The average Bonchev–Trinajstić information content (AvgIpc) is 2.14. The number of halogens is 2. The summed E-state index contributed by atoms with van der Waals surface area (Å²) in [5, 5.41) is 2.34. The summed E-state index contributed by atoms with van der Waals surface area (Å²) >= 11 is 5.71. The number of carbonyl (C=O) groups is 2. The number of nitrogens with one attached hydrogen (secondary N) is 1. The van der Waals surface area contributed by atoms with Gasteiger partial charge in [-0.2, -0.15) is 0 Å². The number of benzene rings is 1. The van der Waals surface area contributed by atoms with E-state index in [1.54, 1.807) is 6.92 Å². The molecule has 14 heavy (non-hydrogen) atoms. The topological polar surface area (TPSA) is 46.2 Å². The predicted octanol–water partition coefficient (Wildman–Crippen LogP) is 1.92. The first-order chi connectivity index (χ1) is 6.54. The van der Waals surface area contributed by atoms with E-state index in [9.17, 15) is 14.0 Å². The molecule has 0 saturated carbocycles. The fourth-order valence-corrected chi connectivity index (χ4v) is 1.17. The van der Waals surface area contributed by atoms with Crippen LogP contribution in [0.2, 0.25) is 5.02 Å². The Bertz CT molecular complexity index is 393. The molecule has 0 radical (unpaired) electrons. The fourth-order valence-electron chi connectivity index (χ4n) is 0.904. The van der Waals surface area contributed by atoms with Gasteiger partial charge in [-0.3, -0.25) is 9.59 Å². The minimum atomic E-state index is -0.866. The Balaban J connectivity index is 3.03. The van der Waals surface area contributed by atoms with Crippen LogP contribution in [0.15, 0.2) is 12.1 Å². The molecule has 74 valence electrons. The van der Waals surface area contributed by atoms with Gasteiger partial charge in [-0.1, -0.05) is 11.6 Å². The van der Waals surface area contributed by atoms with Gasteiger partial charge >= 0.3 is 0 Å². The van der Waals surface area contributed by atoms with E-state index in [0.717, 1.165) is 6.07 Å². The van der Waals surface area contributed by atoms with Gasteiger partial charge in [0.05, 0.1) is 10.7 Å². The molecule has 0 aromatic heterocycles. The third kappa shape index (κ3) is 2.29. The van der Waals surface area contributed by atoms with E-state index >= 15 is 0 Å². The first-order valence-electron chi connectivity index (χ1n) is 3.76. The molecule has 0 bridgehead atoms. The van der Waals surface area contributed by atoms with Crippen molar-refractivity contribution in [1.29, 1.82) is 0 Å². The highest BCUT2D eigenvalue weighted by Gasteiger charge is 2.07. The summed E-state index contributed by atoms with van der Waals surface area (Å²) in [5.41, 5.74) is 0.464. The van der Waals surface area contributed by atoms with Crippen LogP contribution in [0.5, 0.6) is 0 Å². The van der Waals surface area contributed by atoms with Gasteiger partial charge in [-0.25, -0.2) is 4.39 Å². The lowest BCUT2D eigenvalue weighted by atomic mass is 10.2. The molecule has 1 aromatic rings. The minimum Gasteiger partial charge on any atom is -0.318 e. The van der Waals surface area contributed by atoms with Crippen molar-refractivity contribution in [2.24, 2.45) is 0 Å². The summed E-state index contributed by atoms with van der Waals surface area (Å²) < 4.78 is 13.0. The van der Waals surface area contributed by atoms with Crippen LogP contribution in [0.3, 0.4) is 0 Å². The number of rotatable bonds is 2. The van der Waals surface area contributed by atoms with Gasteiger partial charge in [-0.05, 0) is 24.6 Å². The molecule has 0 saturated heterocycles. The third-order valence-corrected chi connectivity index (χ3v) is 1.93. The first-order valence-corrected chi connectivity index (χ1v) is 4.14. The summed E-state index contributed by atoms with van der Waals surface area (Å²) in [7, 11) is 0. The highest BCUT2D eigenvalue weighted by Crippen LogP contribution is 2.24. The van der Waals surface area contributed by atoms with E-state index in [1.807, 2.05) is 0 Å². The Morgan fingerprint density at radius 2 is 2.21 bits per heavy atom. The van der Waals surface area contributed by atoms with Gasteiger partial charge in [0.1, 0.15) is 5.82 Å². The minimum absolute atomic E-state index is 0.0897. The zero-order valence-electron chi connectivity index (χ0n) is 7.30. The highest BCUT2D eigenvalue weighted by molar-refractivity contribution is 6.36. The maximum absolute atomic E-state index is 13.0. The molecular weight excluding hydrogens is 209 g/mol. The van der Waals surface area contributed by atoms with Crippen LogP contribution < -0.4 is 5.32 Å². The molecule has 1 N–H and O–H groups in total. The molecule has 0 spiro atoms.